The molecular weight excluding hydrogens is 280 g/mol. The van der Waals surface area contributed by atoms with Crippen LogP contribution in [-0.2, 0) is 10.0 Å². The van der Waals surface area contributed by atoms with Gasteiger partial charge in [0.05, 0.1) is 10.6 Å². The quantitative estimate of drug-likeness (QED) is 0.847. The van der Waals surface area contributed by atoms with Crippen LogP contribution in [0.5, 0.6) is 0 Å². The highest BCUT2D eigenvalue weighted by Gasteiger charge is 2.15. The normalized spacial score (nSPS) is 10.9. The Balaban J connectivity index is 2.39. The number of anilines is 1. The first-order valence-corrected chi connectivity index (χ1v) is 7.36. The van der Waals surface area contributed by atoms with Gasteiger partial charge in [-0.25, -0.2) is 8.42 Å². The molecule has 0 aliphatic heterocycles. The number of sulfonamides is 1. The Morgan fingerprint density at radius 3 is 2.21 bits per heavy atom. The molecule has 0 saturated heterocycles. The predicted molar refractivity (Wildman–Crippen MR) is 79.6 cm³/mol. The summed E-state index contributed by atoms with van der Waals surface area (Å²) in [6.45, 7) is 0. The van der Waals surface area contributed by atoms with Crippen molar-refractivity contribution in [3.05, 3.63) is 60.2 Å². The largest absolute Gasteiger partial charge is 0.389 e. The van der Waals surface area contributed by atoms with Gasteiger partial charge in [-0.05, 0) is 24.3 Å². The first-order chi connectivity index (χ1) is 9.00. The van der Waals surface area contributed by atoms with Crippen molar-refractivity contribution in [2.75, 3.05) is 4.72 Å². The maximum atomic E-state index is 12.2. The van der Waals surface area contributed by atoms with Crippen molar-refractivity contribution in [3.63, 3.8) is 0 Å². The van der Waals surface area contributed by atoms with Crippen LogP contribution in [0.1, 0.15) is 5.56 Å². The lowest BCUT2D eigenvalue weighted by Gasteiger charge is -2.11. The van der Waals surface area contributed by atoms with Crippen LogP contribution in [0.25, 0.3) is 0 Å². The van der Waals surface area contributed by atoms with Crippen molar-refractivity contribution >= 4 is 32.9 Å². The summed E-state index contributed by atoms with van der Waals surface area (Å²) in [5.41, 5.74) is 6.44. The Morgan fingerprint density at radius 1 is 1.00 bits per heavy atom. The van der Waals surface area contributed by atoms with Gasteiger partial charge < -0.3 is 5.73 Å². The molecule has 0 unspecified atom stereocenters. The fraction of sp³-hybridized carbons (Fsp3) is 0. The molecule has 0 fully saturated rings. The smallest absolute Gasteiger partial charge is 0.261 e. The van der Waals surface area contributed by atoms with Crippen LogP contribution < -0.4 is 10.5 Å². The van der Waals surface area contributed by atoms with Crippen molar-refractivity contribution in [2.24, 2.45) is 5.73 Å². The number of thiocarbonyl (C=S) groups is 1. The number of para-hydroxylation sites is 1. The zero-order valence-electron chi connectivity index (χ0n) is 9.91. The third-order valence-corrected chi connectivity index (χ3v) is 4.09. The van der Waals surface area contributed by atoms with Crippen LogP contribution in [0, 0.1) is 0 Å². The second-order valence-electron chi connectivity index (χ2n) is 3.83. The summed E-state index contributed by atoms with van der Waals surface area (Å²) in [6, 6.07) is 14.9. The van der Waals surface area contributed by atoms with Gasteiger partial charge in [0.1, 0.15) is 4.99 Å². The number of hydrogen-bond donors (Lipinski definition) is 2. The van der Waals surface area contributed by atoms with Crippen molar-refractivity contribution in [1.29, 1.82) is 0 Å². The molecule has 0 aromatic heterocycles. The van der Waals surface area contributed by atoms with Gasteiger partial charge in [0.2, 0.25) is 0 Å². The average molecular weight is 292 g/mol. The topological polar surface area (TPSA) is 72.2 Å². The molecule has 0 amide bonds. The fourth-order valence-electron chi connectivity index (χ4n) is 1.59. The summed E-state index contributed by atoms with van der Waals surface area (Å²) in [6.07, 6.45) is 0. The van der Waals surface area contributed by atoms with E-state index in [0.29, 0.717) is 11.3 Å². The molecule has 0 aliphatic carbocycles. The van der Waals surface area contributed by atoms with E-state index in [1.165, 1.54) is 12.1 Å². The summed E-state index contributed by atoms with van der Waals surface area (Å²) in [4.78, 5) is 0.333. The molecule has 6 heteroatoms. The molecule has 0 aliphatic rings. The minimum atomic E-state index is -3.63. The second kappa shape index (κ2) is 5.38. The minimum absolute atomic E-state index is 0.145. The van der Waals surface area contributed by atoms with Gasteiger partial charge in [-0.3, -0.25) is 4.72 Å². The summed E-state index contributed by atoms with van der Waals surface area (Å²) >= 11 is 4.90. The van der Waals surface area contributed by atoms with Crippen molar-refractivity contribution in [1.82, 2.24) is 0 Å². The highest BCUT2D eigenvalue weighted by atomic mass is 32.2. The highest BCUT2D eigenvalue weighted by Crippen LogP contribution is 2.19. The summed E-state index contributed by atoms with van der Waals surface area (Å²) in [5, 5.41) is 0. The van der Waals surface area contributed by atoms with E-state index >= 15 is 0 Å². The SMILES string of the molecule is NC(=S)c1ccccc1NS(=O)(=O)c1ccccc1. The maximum Gasteiger partial charge on any atom is 0.261 e. The van der Waals surface area contributed by atoms with E-state index in [2.05, 4.69) is 4.72 Å². The van der Waals surface area contributed by atoms with Crippen LogP contribution in [0.3, 0.4) is 0 Å². The van der Waals surface area contributed by atoms with Gasteiger partial charge in [0.25, 0.3) is 10.0 Å². The van der Waals surface area contributed by atoms with Gasteiger partial charge in [-0.2, -0.15) is 0 Å². The number of benzene rings is 2. The Bertz CT molecular complexity index is 698. The van der Waals surface area contributed by atoms with Crippen LogP contribution in [-0.4, -0.2) is 13.4 Å². The summed E-state index contributed by atoms with van der Waals surface area (Å²) in [5.74, 6) is 0. The molecule has 98 valence electrons. The van der Waals surface area contributed by atoms with E-state index in [0.717, 1.165) is 0 Å². The molecule has 19 heavy (non-hydrogen) atoms. The molecule has 2 aromatic rings. The van der Waals surface area contributed by atoms with Gasteiger partial charge in [-0.1, -0.05) is 42.5 Å². The van der Waals surface area contributed by atoms with Crippen molar-refractivity contribution in [2.45, 2.75) is 4.90 Å². The number of nitrogens with one attached hydrogen (secondary N) is 1. The Hall–Kier alpha value is -1.92. The molecule has 4 nitrogen and oxygen atoms in total. The van der Waals surface area contributed by atoms with Crippen molar-refractivity contribution in [3.8, 4) is 0 Å². The van der Waals surface area contributed by atoms with Gasteiger partial charge in [0, 0.05) is 5.56 Å². The van der Waals surface area contributed by atoms with E-state index in [4.69, 9.17) is 18.0 Å². The van der Waals surface area contributed by atoms with E-state index < -0.39 is 10.0 Å². The Labute approximate surface area is 117 Å². The van der Waals surface area contributed by atoms with Crippen LogP contribution in [0.4, 0.5) is 5.69 Å². The average Bonchev–Trinajstić information content (AvgIpc) is 2.39. The fourth-order valence-corrected chi connectivity index (χ4v) is 2.87. The first kappa shape index (κ1) is 13.5. The first-order valence-electron chi connectivity index (χ1n) is 5.47. The van der Waals surface area contributed by atoms with Crippen LogP contribution >= 0.6 is 12.2 Å². The molecule has 0 radical (unpaired) electrons. The van der Waals surface area contributed by atoms with Gasteiger partial charge in [-0.15, -0.1) is 0 Å². The molecule has 2 rings (SSSR count). The van der Waals surface area contributed by atoms with Crippen molar-refractivity contribution < 1.29 is 8.42 Å². The highest BCUT2D eigenvalue weighted by molar-refractivity contribution is 7.92. The van der Waals surface area contributed by atoms with Crippen LogP contribution in [0.15, 0.2) is 59.5 Å². The number of hydrogen-bond acceptors (Lipinski definition) is 3. The molecule has 3 N–H and O–H groups in total. The lowest BCUT2D eigenvalue weighted by atomic mass is 10.2. The summed E-state index contributed by atoms with van der Waals surface area (Å²) < 4.78 is 26.9. The second-order valence-corrected chi connectivity index (χ2v) is 5.95. The zero-order chi connectivity index (χ0) is 13.9. The molecule has 0 spiro atoms. The molecular formula is C13H12N2O2S2. The Kier molecular flexibility index (Phi) is 3.82. The monoisotopic (exact) mass is 292 g/mol. The molecule has 0 heterocycles. The molecule has 2 aromatic carbocycles. The standard InChI is InChI=1S/C13H12N2O2S2/c14-13(18)11-8-4-5-9-12(11)15-19(16,17)10-6-2-1-3-7-10/h1-9,15H,(H2,14,18). The Morgan fingerprint density at radius 2 is 1.58 bits per heavy atom. The van der Waals surface area contributed by atoms with Gasteiger partial charge in [0.15, 0.2) is 0 Å². The van der Waals surface area contributed by atoms with E-state index in [-0.39, 0.29) is 9.88 Å². The summed E-state index contributed by atoms with van der Waals surface area (Å²) in [7, 11) is -3.63. The van der Waals surface area contributed by atoms with E-state index in [1.54, 1.807) is 42.5 Å². The number of rotatable bonds is 4. The molecule has 0 bridgehead atoms. The molecule has 0 atom stereocenters. The third-order valence-electron chi connectivity index (χ3n) is 2.49. The number of nitrogens with two attached hydrogens (primary N) is 1. The van der Waals surface area contributed by atoms with E-state index in [9.17, 15) is 8.42 Å². The molecule has 0 saturated carbocycles. The third kappa shape index (κ3) is 3.10. The maximum absolute atomic E-state index is 12.2. The lowest BCUT2D eigenvalue weighted by Crippen LogP contribution is -2.17. The van der Waals surface area contributed by atoms with Crippen LogP contribution in [0.2, 0.25) is 0 Å². The minimum Gasteiger partial charge on any atom is -0.389 e. The zero-order valence-corrected chi connectivity index (χ0v) is 11.5. The predicted octanol–water partition coefficient (Wildman–Crippen LogP) is 2.12. The van der Waals surface area contributed by atoms with E-state index in [1.807, 2.05) is 0 Å². The lowest BCUT2D eigenvalue weighted by molar-refractivity contribution is 0.601. The van der Waals surface area contributed by atoms with Gasteiger partial charge >= 0.3 is 0 Å².